The summed E-state index contributed by atoms with van der Waals surface area (Å²) < 4.78 is 7.16. The van der Waals surface area contributed by atoms with Gasteiger partial charge in [0.15, 0.2) is 0 Å². The highest BCUT2D eigenvalue weighted by Crippen LogP contribution is 2.23. The van der Waals surface area contributed by atoms with Crippen LogP contribution in [-0.2, 0) is 11.8 Å². The molecule has 1 saturated heterocycles. The Kier molecular flexibility index (Phi) is 6.22. The van der Waals surface area contributed by atoms with Crippen molar-refractivity contribution < 1.29 is 9.53 Å². The van der Waals surface area contributed by atoms with Crippen LogP contribution in [0.1, 0.15) is 46.1 Å². The molecule has 0 aliphatic carbocycles. The summed E-state index contributed by atoms with van der Waals surface area (Å²) in [5.74, 6) is 0.518. The monoisotopic (exact) mass is 456 g/mol. The lowest BCUT2D eigenvalue weighted by Crippen LogP contribution is -2.30. The molecule has 0 unspecified atom stereocenters. The molecule has 0 spiro atoms. The lowest BCUT2D eigenvalue weighted by Gasteiger charge is -2.23. The van der Waals surface area contributed by atoms with Crippen molar-refractivity contribution >= 4 is 22.6 Å². The topological polar surface area (TPSA) is 94.0 Å². The van der Waals surface area contributed by atoms with Crippen molar-refractivity contribution in [2.24, 2.45) is 7.05 Å². The van der Waals surface area contributed by atoms with Gasteiger partial charge in [0.2, 0.25) is 0 Å². The van der Waals surface area contributed by atoms with Gasteiger partial charge in [-0.15, -0.1) is 0 Å². The Labute approximate surface area is 198 Å². The second kappa shape index (κ2) is 9.61. The normalized spacial score (nSPS) is 15.2. The first-order chi connectivity index (χ1) is 16.5. The van der Waals surface area contributed by atoms with E-state index < -0.39 is 0 Å². The van der Waals surface area contributed by atoms with E-state index in [-0.39, 0.29) is 11.9 Å². The molecule has 1 amide bonds. The van der Waals surface area contributed by atoms with Crippen LogP contribution in [0, 0.1) is 6.92 Å². The number of hydrogen-bond donors (Lipinski definition) is 2. The average Bonchev–Trinajstić information content (AvgIpc) is 3.29. The number of pyridine rings is 2. The number of anilines is 1. The van der Waals surface area contributed by atoms with E-state index in [2.05, 4.69) is 25.7 Å². The number of hydrogen-bond acceptors (Lipinski definition) is 6. The van der Waals surface area contributed by atoms with E-state index in [0.717, 1.165) is 59.5 Å². The summed E-state index contributed by atoms with van der Waals surface area (Å²) in [6, 6.07) is 13.7. The number of benzene rings is 1. The minimum absolute atomic E-state index is 0.243. The number of aryl methyl sites for hydroxylation is 2. The van der Waals surface area contributed by atoms with E-state index in [0.29, 0.717) is 11.7 Å². The molecule has 0 radical (unpaired) electrons. The third kappa shape index (κ3) is 4.92. The zero-order valence-electron chi connectivity index (χ0n) is 19.4. The SMILES string of the molecule is Cc1ccc([C@H](NC(=O)c2ccc3cnc(NC4CCOCC4)cc3n2)c2cnn(C)c2)cc1. The number of nitrogens with zero attached hydrogens (tertiary/aromatic N) is 4. The molecule has 1 aliphatic rings. The van der Waals surface area contributed by atoms with Gasteiger partial charge in [0.25, 0.3) is 5.91 Å². The van der Waals surface area contributed by atoms with Gasteiger partial charge in [0.1, 0.15) is 11.5 Å². The van der Waals surface area contributed by atoms with E-state index in [4.69, 9.17) is 4.74 Å². The van der Waals surface area contributed by atoms with Crippen molar-refractivity contribution in [1.29, 1.82) is 0 Å². The van der Waals surface area contributed by atoms with Crippen LogP contribution in [0.5, 0.6) is 0 Å². The van der Waals surface area contributed by atoms with Gasteiger partial charge in [-0.2, -0.15) is 5.10 Å². The Morgan fingerprint density at radius 3 is 2.62 bits per heavy atom. The fourth-order valence-corrected chi connectivity index (χ4v) is 4.19. The quantitative estimate of drug-likeness (QED) is 0.459. The number of amides is 1. The molecule has 8 heteroatoms. The van der Waals surface area contributed by atoms with E-state index in [9.17, 15) is 4.79 Å². The van der Waals surface area contributed by atoms with Crippen LogP contribution in [-0.4, -0.2) is 44.9 Å². The second-order valence-corrected chi connectivity index (χ2v) is 8.75. The lowest BCUT2D eigenvalue weighted by molar-refractivity contribution is 0.0903. The summed E-state index contributed by atoms with van der Waals surface area (Å²) >= 11 is 0. The van der Waals surface area contributed by atoms with E-state index in [1.54, 1.807) is 23.1 Å². The Hall–Kier alpha value is -3.78. The van der Waals surface area contributed by atoms with E-state index in [1.165, 1.54) is 0 Å². The molecule has 4 heterocycles. The molecule has 5 rings (SSSR count). The zero-order valence-corrected chi connectivity index (χ0v) is 19.4. The van der Waals surface area contributed by atoms with Gasteiger partial charge in [-0.1, -0.05) is 29.8 Å². The highest BCUT2D eigenvalue weighted by atomic mass is 16.5. The van der Waals surface area contributed by atoms with Gasteiger partial charge in [0.05, 0.1) is 17.8 Å². The lowest BCUT2D eigenvalue weighted by atomic mass is 10.00. The molecule has 0 saturated carbocycles. The maximum atomic E-state index is 13.3. The van der Waals surface area contributed by atoms with Crippen LogP contribution >= 0.6 is 0 Å². The van der Waals surface area contributed by atoms with Crippen LogP contribution in [0.4, 0.5) is 5.82 Å². The van der Waals surface area contributed by atoms with Crippen molar-refractivity contribution in [3.63, 3.8) is 0 Å². The Balaban J connectivity index is 1.39. The average molecular weight is 457 g/mol. The molecular weight excluding hydrogens is 428 g/mol. The molecule has 1 aromatic carbocycles. The number of fused-ring (bicyclic) bond motifs is 1. The molecule has 8 nitrogen and oxygen atoms in total. The number of nitrogens with one attached hydrogen (secondary N) is 2. The highest BCUT2D eigenvalue weighted by Gasteiger charge is 2.20. The zero-order chi connectivity index (χ0) is 23.5. The molecule has 174 valence electrons. The number of carbonyl (C=O) groups excluding carboxylic acids is 1. The van der Waals surface area contributed by atoms with Gasteiger partial charge >= 0.3 is 0 Å². The number of rotatable bonds is 6. The van der Waals surface area contributed by atoms with Crippen LogP contribution < -0.4 is 10.6 Å². The summed E-state index contributed by atoms with van der Waals surface area (Å²) in [4.78, 5) is 22.4. The molecule has 1 atom stereocenters. The van der Waals surface area contributed by atoms with Gasteiger partial charge in [-0.25, -0.2) is 9.97 Å². The van der Waals surface area contributed by atoms with Gasteiger partial charge in [-0.05, 0) is 37.5 Å². The van der Waals surface area contributed by atoms with Crippen LogP contribution in [0.2, 0.25) is 0 Å². The molecule has 4 aromatic rings. The fourth-order valence-electron chi connectivity index (χ4n) is 4.19. The minimum atomic E-state index is -0.331. The van der Waals surface area contributed by atoms with Crippen molar-refractivity contribution in [3.05, 3.63) is 83.4 Å². The summed E-state index contributed by atoms with van der Waals surface area (Å²) in [6.07, 6.45) is 7.38. The fraction of sp³-hybridized carbons (Fsp3) is 0.308. The summed E-state index contributed by atoms with van der Waals surface area (Å²) in [7, 11) is 1.86. The first-order valence-electron chi connectivity index (χ1n) is 11.5. The second-order valence-electron chi connectivity index (χ2n) is 8.75. The van der Waals surface area contributed by atoms with Crippen molar-refractivity contribution in [3.8, 4) is 0 Å². The van der Waals surface area contributed by atoms with E-state index in [1.807, 2.05) is 56.6 Å². The summed E-state index contributed by atoms with van der Waals surface area (Å²) in [5, 5.41) is 11.8. The summed E-state index contributed by atoms with van der Waals surface area (Å²) in [6.45, 7) is 3.56. The molecule has 2 N–H and O–H groups in total. The van der Waals surface area contributed by atoms with Crippen molar-refractivity contribution in [2.45, 2.75) is 31.8 Å². The molecule has 3 aromatic heterocycles. The van der Waals surface area contributed by atoms with Crippen molar-refractivity contribution in [2.75, 3.05) is 18.5 Å². The Morgan fingerprint density at radius 2 is 1.88 bits per heavy atom. The van der Waals surface area contributed by atoms with Crippen LogP contribution in [0.25, 0.3) is 10.9 Å². The van der Waals surface area contributed by atoms with Crippen molar-refractivity contribution in [1.82, 2.24) is 25.1 Å². The maximum absolute atomic E-state index is 13.3. The van der Waals surface area contributed by atoms with Crippen LogP contribution in [0.15, 0.2) is 61.1 Å². The largest absolute Gasteiger partial charge is 0.381 e. The summed E-state index contributed by atoms with van der Waals surface area (Å²) in [5.41, 5.74) is 4.14. The third-order valence-corrected chi connectivity index (χ3v) is 6.12. The molecular formula is C26H28N6O2. The first kappa shape index (κ1) is 22.0. The van der Waals surface area contributed by atoms with Gasteiger partial charge in [-0.3, -0.25) is 9.48 Å². The standard InChI is InChI=1S/C26H28N6O2/c1-17-3-5-18(6-4-17)25(20-15-28-32(2)16-20)31-26(33)22-8-7-19-14-27-24(13-23(19)30-22)29-21-9-11-34-12-10-21/h3-8,13-16,21,25H,9-12H2,1-2H3,(H,27,29)(H,31,33)/t25-/m0/s1. The third-order valence-electron chi connectivity index (χ3n) is 6.12. The van der Waals surface area contributed by atoms with Gasteiger partial charge in [0, 0.05) is 55.7 Å². The number of aromatic nitrogens is 4. The maximum Gasteiger partial charge on any atom is 0.270 e. The Morgan fingerprint density at radius 1 is 1.09 bits per heavy atom. The predicted octanol–water partition coefficient (Wildman–Crippen LogP) is 3.78. The van der Waals surface area contributed by atoms with Gasteiger partial charge < -0.3 is 15.4 Å². The van der Waals surface area contributed by atoms with E-state index >= 15 is 0 Å². The predicted molar refractivity (Wildman–Crippen MR) is 131 cm³/mol. The minimum Gasteiger partial charge on any atom is -0.381 e. The molecule has 1 fully saturated rings. The number of ether oxygens (including phenoxy) is 1. The molecule has 0 bridgehead atoms. The first-order valence-corrected chi connectivity index (χ1v) is 11.5. The smallest absolute Gasteiger partial charge is 0.270 e. The highest BCUT2D eigenvalue weighted by molar-refractivity contribution is 5.95. The Bertz CT molecular complexity index is 1290. The molecule has 1 aliphatic heterocycles. The molecule has 34 heavy (non-hydrogen) atoms. The van der Waals surface area contributed by atoms with Crippen LogP contribution in [0.3, 0.4) is 0 Å². The number of carbonyl (C=O) groups is 1.